The highest BCUT2D eigenvalue weighted by Gasteiger charge is 2.35. The molecular formula is C12H9BrF3N3O. The average molecular weight is 348 g/mol. The molecule has 0 aliphatic carbocycles. The number of aromatic nitrogens is 2. The van der Waals surface area contributed by atoms with Gasteiger partial charge in [0, 0.05) is 10.5 Å². The molecule has 4 nitrogen and oxygen atoms in total. The van der Waals surface area contributed by atoms with Crippen LogP contribution in [0, 0.1) is 0 Å². The van der Waals surface area contributed by atoms with Crippen LogP contribution in [0.1, 0.15) is 11.4 Å². The molecule has 0 unspecified atom stereocenters. The predicted octanol–water partition coefficient (Wildman–Crippen LogP) is 3.42. The normalized spacial score (nSPS) is 11.4. The number of hydrogen-bond acceptors (Lipinski definition) is 4. The number of hydrogen-bond donors (Lipinski definition) is 1. The lowest BCUT2D eigenvalue weighted by molar-refractivity contribution is -0.145. The van der Waals surface area contributed by atoms with Crippen molar-refractivity contribution in [2.24, 2.45) is 0 Å². The number of nitrogens with zero attached hydrogens (tertiary/aromatic N) is 2. The van der Waals surface area contributed by atoms with Crippen LogP contribution in [-0.4, -0.2) is 9.97 Å². The highest BCUT2D eigenvalue weighted by atomic mass is 79.9. The van der Waals surface area contributed by atoms with E-state index in [1.807, 2.05) is 6.07 Å². The van der Waals surface area contributed by atoms with Crippen LogP contribution in [0.4, 0.5) is 19.0 Å². The summed E-state index contributed by atoms with van der Waals surface area (Å²) in [5.74, 6) is -1.83. The second kappa shape index (κ2) is 5.66. The molecule has 0 atom stereocenters. The van der Waals surface area contributed by atoms with Crippen LogP contribution in [0.3, 0.4) is 0 Å². The van der Waals surface area contributed by atoms with E-state index in [2.05, 4.69) is 25.9 Å². The third kappa shape index (κ3) is 3.83. The summed E-state index contributed by atoms with van der Waals surface area (Å²) in [6, 6.07) is 8.33. The summed E-state index contributed by atoms with van der Waals surface area (Å²) in [6.07, 6.45) is -4.66. The largest absolute Gasteiger partial charge is 0.473 e. The van der Waals surface area contributed by atoms with E-state index < -0.39 is 12.0 Å². The molecule has 0 saturated heterocycles. The number of rotatable bonds is 3. The van der Waals surface area contributed by atoms with Gasteiger partial charge in [-0.15, -0.1) is 0 Å². The van der Waals surface area contributed by atoms with Gasteiger partial charge in [-0.2, -0.15) is 18.2 Å². The second-order valence-electron chi connectivity index (χ2n) is 3.87. The van der Waals surface area contributed by atoms with Crippen LogP contribution < -0.4 is 10.5 Å². The third-order valence-electron chi connectivity index (χ3n) is 2.25. The second-order valence-corrected chi connectivity index (χ2v) is 4.79. The zero-order chi connectivity index (χ0) is 14.8. The summed E-state index contributed by atoms with van der Waals surface area (Å²) in [6.45, 7) is 0.0766. The SMILES string of the molecule is Nc1cc(OCc2cccc(Br)c2)nc(C(F)(F)F)n1. The Morgan fingerprint density at radius 1 is 1.20 bits per heavy atom. The van der Waals surface area contributed by atoms with Crippen LogP contribution in [0.25, 0.3) is 0 Å². The molecule has 0 bridgehead atoms. The van der Waals surface area contributed by atoms with Crippen LogP contribution >= 0.6 is 15.9 Å². The van der Waals surface area contributed by atoms with E-state index in [1.165, 1.54) is 0 Å². The number of anilines is 1. The van der Waals surface area contributed by atoms with Crippen molar-refractivity contribution in [2.45, 2.75) is 12.8 Å². The van der Waals surface area contributed by atoms with Gasteiger partial charge in [0.15, 0.2) is 0 Å². The maximum atomic E-state index is 12.5. The van der Waals surface area contributed by atoms with Crippen molar-refractivity contribution in [3.8, 4) is 5.88 Å². The van der Waals surface area contributed by atoms with Gasteiger partial charge in [-0.25, -0.2) is 4.98 Å². The molecule has 8 heteroatoms. The molecule has 0 fully saturated rings. The van der Waals surface area contributed by atoms with Gasteiger partial charge in [-0.05, 0) is 17.7 Å². The Bertz CT molecular complexity index is 619. The average Bonchev–Trinajstić information content (AvgIpc) is 2.35. The zero-order valence-electron chi connectivity index (χ0n) is 9.99. The van der Waals surface area contributed by atoms with Gasteiger partial charge in [0.2, 0.25) is 11.7 Å². The Morgan fingerprint density at radius 3 is 2.60 bits per heavy atom. The van der Waals surface area contributed by atoms with Crippen molar-refractivity contribution < 1.29 is 17.9 Å². The molecule has 2 aromatic rings. The Hall–Kier alpha value is -1.83. The molecule has 0 saturated carbocycles. The van der Waals surface area contributed by atoms with Crippen LogP contribution in [-0.2, 0) is 12.8 Å². The summed E-state index contributed by atoms with van der Waals surface area (Å²) in [5, 5.41) is 0. The fraction of sp³-hybridized carbons (Fsp3) is 0.167. The minimum absolute atomic E-state index is 0.0766. The molecule has 0 aliphatic rings. The Balaban J connectivity index is 2.16. The summed E-state index contributed by atoms with van der Waals surface area (Å²) < 4.78 is 43.6. The fourth-order valence-corrected chi connectivity index (χ4v) is 1.87. The molecule has 1 aromatic carbocycles. The maximum absolute atomic E-state index is 12.5. The van der Waals surface area contributed by atoms with Crippen LogP contribution in [0.5, 0.6) is 5.88 Å². The number of alkyl halides is 3. The first kappa shape index (κ1) is 14.6. The van der Waals surface area contributed by atoms with Gasteiger partial charge in [0.05, 0.1) is 0 Å². The lowest BCUT2D eigenvalue weighted by atomic mass is 10.2. The molecule has 2 rings (SSSR count). The van der Waals surface area contributed by atoms with Crippen LogP contribution in [0.2, 0.25) is 0 Å². The molecule has 1 heterocycles. The van der Waals surface area contributed by atoms with E-state index in [9.17, 15) is 13.2 Å². The fourth-order valence-electron chi connectivity index (χ4n) is 1.43. The Labute approximate surface area is 120 Å². The van der Waals surface area contributed by atoms with Gasteiger partial charge in [0.1, 0.15) is 12.4 Å². The van der Waals surface area contributed by atoms with Crippen LogP contribution in [0.15, 0.2) is 34.8 Å². The van der Waals surface area contributed by atoms with Crippen molar-refractivity contribution >= 4 is 21.7 Å². The minimum atomic E-state index is -4.66. The molecule has 2 N–H and O–H groups in total. The first-order valence-corrected chi connectivity index (χ1v) is 6.23. The van der Waals surface area contributed by atoms with Crippen molar-refractivity contribution in [3.05, 3.63) is 46.2 Å². The van der Waals surface area contributed by atoms with Crippen molar-refractivity contribution in [1.82, 2.24) is 9.97 Å². The van der Waals surface area contributed by atoms with E-state index in [-0.39, 0.29) is 18.3 Å². The first-order chi connectivity index (χ1) is 9.34. The van der Waals surface area contributed by atoms with Gasteiger partial charge in [-0.1, -0.05) is 28.1 Å². The topological polar surface area (TPSA) is 61.0 Å². The maximum Gasteiger partial charge on any atom is 0.451 e. The summed E-state index contributed by atoms with van der Waals surface area (Å²) in [5.41, 5.74) is 6.09. The molecule has 0 spiro atoms. The first-order valence-electron chi connectivity index (χ1n) is 5.43. The van der Waals surface area contributed by atoms with Gasteiger partial charge in [0.25, 0.3) is 0 Å². The Kier molecular flexibility index (Phi) is 4.12. The van der Waals surface area contributed by atoms with E-state index in [1.54, 1.807) is 18.2 Å². The number of nitrogen functional groups attached to an aromatic ring is 1. The van der Waals surface area contributed by atoms with E-state index >= 15 is 0 Å². The molecule has 0 radical (unpaired) electrons. The lowest BCUT2D eigenvalue weighted by Crippen LogP contribution is -2.13. The van der Waals surface area contributed by atoms with Crippen molar-refractivity contribution in [1.29, 1.82) is 0 Å². The smallest absolute Gasteiger partial charge is 0.451 e. The van der Waals surface area contributed by atoms with Gasteiger partial charge >= 0.3 is 6.18 Å². The van der Waals surface area contributed by atoms with Gasteiger partial charge in [-0.3, -0.25) is 0 Å². The van der Waals surface area contributed by atoms with Crippen molar-refractivity contribution in [3.63, 3.8) is 0 Å². The predicted molar refractivity (Wildman–Crippen MR) is 69.9 cm³/mol. The van der Waals surface area contributed by atoms with Gasteiger partial charge < -0.3 is 10.5 Å². The monoisotopic (exact) mass is 347 g/mol. The highest BCUT2D eigenvalue weighted by Crippen LogP contribution is 2.28. The zero-order valence-corrected chi connectivity index (χ0v) is 11.6. The molecule has 20 heavy (non-hydrogen) atoms. The number of benzene rings is 1. The summed E-state index contributed by atoms with van der Waals surface area (Å²) >= 11 is 3.29. The van der Waals surface area contributed by atoms with E-state index in [4.69, 9.17) is 10.5 Å². The highest BCUT2D eigenvalue weighted by molar-refractivity contribution is 9.10. The molecule has 1 aromatic heterocycles. The lowest BCUT2D eigenvalue weighted by Gasteiger charge is -2.09. The molecule has 106 valence electrons. The molecule has 0 aliphatic heterocycles. The molecule has 0 amide bonds. The van der Waals surface area contributed by atoms with E-state index in [0.29, 0.717) is 0 Å². The Morgan fingerprint density at radius 2 is 1.95 bits per heavy atom. The number of halogens is 4. The molecular weight excluding hydrogens is 339 g/mol. The number of ether oxygens (including phenoxy) is 1. The minimum Gasteiger partial charge on any atom is -0.473 e. The van der Waals surface area contributed by atoms with Crippen molar-refractivity contribution in [2.75, 3.05) is 5.73 Å². The third-order valence-corrected chi connectivity index (χ3v) is 2.74. The number of nitrogens with two attached hydrogens (primary N) is 1. The quantitative estimate of drug-likeness (QED) is 0.923. The summed E-state index contributed by atoms with van der Waals surface area (Å²) in [4.78, 5) is 6.42. The summed E-state index contributed by atoms with van der Waals surface area (Å²) in [7, 11) is 0. The van der Waals surface area contributed by atoms with E-state index in [0.717, 1.165) is 16.1 Å². The standard InChI is InChI=1S/C12H9BrF3N3O/c13-8-3-1-2-7(4-8)6-20-10-5-9(17)18-11(19-10)12(14,15)16/h1-5H,6H2,(H2,17,18,19).